The molecule has 19 heavy (non-hydrogen) atoms. The van der Waals surface area contributed by atoms with Crippen molar-refractivity contribution >= 4 is 0 Å². The molecule has 1 rings (SSSR count). The highest BCUT2D eigenvalue weighted by molar-refractivity contribution is 4.67. The van der Waals surface area contributed by atoms with Crippen LogP contribution in [0.25, 0.3) is 0 Å². The zero-order valence-electron chi connectivity index (χ0n) is 12.1. The molecule has 1 heterocycles. The first-order valence-corrected chi connectivity index (χ1v) is 6.95. The van der Waals surface area contributed by atoms with Gasteiger partial charge in [0.15, 0.2) is 12.6 Å². The Morgan fingerprint density at radius 3 is 2.05 bits per heavy atom. The minimum Gasteiger partial charge on any atom is -0.376 e. The van der Waals surface area contributed by atoms with Crippen molar-refractivity contribution in [2.45, 2.75) is 39.5 Å². The Hall–Kier alpha value is -0.240. The van der Waals surface area contributed by atoms with Gasteiger partial charge < -0.3 is 28.4 Å². The fourth-order valence-corrected chi connectivity index (χ4v) is 1.44. The molecule has 1 aliphatic rings. The Morgan fingerprint density at radius 2 is 1.53 bits per heavy atom. The summed E-state index contributed by atoms with van der Waals surface area (Å²) >= 11 is 0. The monoisotopic (exact) mass is 278 g/mol. The van der Waals surface area contributed by atoms with Gasteiger partial charge in [-0.25, -0.2) is 0 Å². The summed E-state index contributed by atoms with van der Waals surface area (Å²) in [5.41, 5.74) is 0. The average Bonchev–Trinajstić information content (AvgIpc) is 3.22. The van der Waals surface area contributed by atoms with Crippen molar-refractivity contribution in [3.63, 3.8) is 0 Å². The lowest BCUT2D eigenvalue weighted by Crippen LogP contribution is -2.31. The molecule has 0 amide bonds. The minimum atomic E-state index is -0.410. The van der Waals surface area contributed by atoms with Gasteiger partial charge in [-0.2, -0.15) is 0 Å². The highest BCUT2D eigenvalue weighted by atomic mass is 16.7. The molecule has 6 heteroatoms. The van der Waals surface area contributed by atoms with Gasteiger partial charge in [0.2, 0.25) is 0 Å². The van der Waals surface area contributed by atoms with Crippen molar-refractivity contribution in [3.05, 3.63) is 0 Å². The summed E-state index contributed by atoms with van der Waals surface area (Å²) in [4.78, 5) is 0. The van der Waals surface area contributed by atoms with Crippen LogP contribution in [0.4, 0.5) is 0 Å². The second-order valence-electron chi connectivity index (χ2n) is 4.05. The van der Waals surface area contributed by atoms with Crippen LogP contribution in [0.2, 0.25) is 0 Å². The molecule has 0 aromatic rings. The third kappa shape index (κ3) is 8.52. The lowest BCUT2D eigenvalue weighted by atomic mass is 10.5. The second kappa shape index (κ2) is 10.5. The maximum Gasteiger partial charge on any atom is 0.181 e. The Labute approximate surface area is 115 Å². The van der Waals surface area contributed by atoms with Gasteiger partial charge in [-0.05, 0) is 20.8 Å². The maximum absolute atomic E-state index is 5.64. The third-order valence-corrected chi connectivity index (χ3v) is 2.45. The van der Waals surface area contributed by atoms with E-state index in [0.717, 1.165) is 6.61 Å². The van der Waals surface area contributed by atoms with E-state index in [-0.39, 0.29) is 12.4 Å². The lowest BCUT2D eigenvalue weighted by Gasteiger charge is -2.22. The van der Waals surface area contributed by atoms with E-state index in [0.29, 0.717) is 39.6 Å². The number of hydrogen-bond donors (Lipinski definition) is 0. The molecule has 0 spiro atoms. The van der Waals surface area contributed by atoms with E-state index in [4.69, 9.17) is 28.4 Å². The van der Waals surface area contributed by atoms with Crippen molar-refractivity contribution in [2.75, 3.05) is 46.2 Å². The molecule has 1 saturated heterocycles. The van der Waals surface area contributed by atoms with Gasteiger partial charge in [0.05, 0.1) is 19.8 Å². The first-order chi connectivity index (χ1) is 9.30. The first kappa shape index (κ1) is 16.8. The molecule has 1 fully saturated rings. The molecular weight excluding hydrogens is 252 g/mol. The standard InChI is InChI=1S/C13H26O6/c1-4-14-9-12(18-8-11-7-17-11)19-10-13(15-5-2)16-6-3/h11-13H,4-10H2,1-3H3. The van der Waals surface area contributed by atoms with Gasteiger partial charge in [-0.1, -0.05) is 0 Å². The smallest absolute Gasteiger partial charge is 0.181 e. The Kier molecular flexibility index (Phi) is 9.32. The highest BCUT2D eigenvalue weighted by Gasteiger charge is 2.25. The summed E-state index contributed by atoms with van der Waals surface area (Å²) in [6.07, 6.45) is -0.560. The third-order valence-electron chi connectivity index (χ3n) is 2.45. The van der Waals surface area contributed by atoms with Crippen LogP contribution in [-0.2, 0) is 28.4 Å². The summed E-state index contributed by atoms with van der Waals surface area (Å²) in [5, 5.41) is 0. The van der Waals surface area contributed by atoms with Crippen molar-refractivity contribution in [1.29, 1.82) is 0 Å². The molecular formula is C13H26O6. The van der Waals surface area contributed by atoms with Crippen LogP contribution < -0.4 is 0 Å². The quantitative estimate of drug-likeness (QED) is 0.372. The summed E-state index contributed by atoms with van der Waals surface area (Å²) in [6.45, 7) is 9.59. The van der Waals surface area contributed by atoms with E-state index in [9.17, 15) is 0 Å². The van der Waals surface area contributed by atoms with Gasteiger partial charge >= 0.3 is 0 Å². The van der Waals surface area contributed by atoms with Crippen LogP contribution >= 0.6 is 0 Å². The minimum absolute atomic E-state index is 0.210. The van der Waals surface area contributed by atoms with Crippen molar-refractivity contribution in [2.24, 2.45) is 0 Å². The molecule has 0 saturated carbocycles. The predicted molar refractivity (Wildman–Crippen MR) is 69.0 cm³/mol. The molecule has 0 aromatic carbocycles. The molecule has 6 nitrogen and oxygen atoms in total. The van der Waals surface area contributed by atoms with E-state index in [2.05, 4.69) is 0 Å². The van der Waals surface area contributed by atoms with Crippen molar-refractivity contribution < 1.29 is 28.4 Å². The topological polar surface area (TPSA) is 58.7 Å². The van der Waals surface area contributed by atoms with Crippen LogP contribution in [0.5, 0.6) is 0 Å². The van der Waals surface area contributed by atoms with E-state index in [1.165, 1.54) is 0 Å². The van der Waals surface area contributed by atoms with E-state index < -0.39 is 6.29 Å². The summed E-state index contributed by atoms with van der Waals surface area (Å²) in [7, 11) is 0. The van der Waals surface area contributed by atoms with Crippen molar-refractivity contribution in [1.82, 2.24) is 0 Å². The fraction of sp³-hybridized carbons (Fsp3) is 1.00. The SMILES string of the molecule is CCOCC(OCC1CO1)OCC(OCC)OCC. The van der Waals surface area contributed by atoms with Crippen LogP contribution in [0.15, 0.2) is 0 Å². The lowest BCUT2D eigenvalue weighted by molar-refractivity contribution is -0.228. The number of rotatable bonds is 13. The largest absolute Gasteiger partial charge is 0.376 e. The van der Waals surface area contributed by atoms with Gasteiger partial charge in [0.1, 0.15) is 12.7 Å². The molecule has 0 N–H and O–H groups in total. The number of epoxide rings is 1. The molecule has 114 valence electrons. The first-order valence-electron chi connectivity index (χ1n) is 6.95. The summed E-state index contributed by atoms with van der Waals surface area (Å²) in [6, 6.07) is 0. The van der Waals surface area contributed by atoms with Crippen LogP contribution in [-0.4, -0.2) is 64.9 Å². The normalized spacial score (nSPS) is 19.9. The molecule has 0 radical (unpaired) electrons. The van der Waals surface area contributed by atoms with E-state index in [1.807, 2.05) is 20.8 Å². The zero-order chi connectivity index (χ0) is 13.9. The molecule has 0 aliphatic carbocycles. The van der Waals surface area contributed by atoms with E-state index >= 15 is 0 Å². The number of ether oxygens (including phenoxy) is 6. The van der Waals surface area contributed by atoms with E-state index in [1.54, 1.807) is 0 Å². The van der Waals surface area contributed by atoms with Gasteiger partial charge in [0, 0.05) is 19.8 Å². The Bertz CT molecular complexity index is 203. The van der Waals surface area contributed by atoms with Crippen LogP contribution in [0, 0.1) is 0 Å². The fourth-order valence-electron chi connectivity index (χ4n) is 1.44. The Balaban J connectivity index is 2.22. The molecule has 0 bridgehead atoms. The zero-order valence-corrected chi connectivity index (χ0v) is 12.1. The predicted octanol–water partition coefficient (Wildman–Crippen LogP) is 1.18. The summed E-state index contributed by atoms with van der Waals surface area (Å²) < 4.78 is 32.5. The molecule has 1 aliphatic heterocycles. The summed E-state index contributed by atoms with van der Waals surface area (Å²) in [5.74, 6) is 0. The van der Waals surface area contributed by atoms with Gasteiger partial charge in [-0.15, -0.1) is 0 Å². The second-order valence-corrected chi connectivity index (χ2v) is 4.05. The van der Waals surface area contributed by atoms with Crippen LogP contribution in [0.1, 0.15) is 20.8 Å². The molecule has 2 unspecified atom stereocenters. The average molecular weight is 278 g/mol. The van der Waals surface area contributed by atoms with Crippen LogP contribution in [0.3, 0.4) is 0 Å². The maximum atomic E-state index is 5.64. The molecule has 2 atom stereocenters. The van der Waals surface area contributed by atoms with Gasteiger partial charge in [0.25, 0.3) is 0 Å². The van der Waals surface area contributed by atoms with Gasteiger partial charge in [-0.3, -0.25) is 0 Å². The van der Waals surface area contributed by atoms with Crippen molar-refractivity contribution in [3.8, 4) is 0 Å². The Morgan fingerprint density at radius 1 is 0.895 bits per heavy atom. The number of hydrogen-bond acceptors (Lipinski definition) is 6. The highest BCUT2D eigenvalue weighted by Crippen LogP contribution is 2.11. The molecule has 0 aromatic heterocycles.